The fourth-order valence-corrected chi connectivity index (χ4v) is 3.81. The zero-order valence-electron chi connectivity index (χ0n) is 21.1. The first-order valence-electron chi connectivity index (χ1n) is 12.3. The van der Waals surface area contributed by atoms with Crippen LogP contribution in [0.1, 0.15) is 86.0 Å². The van der Waals surface area contributed by atoms with Crippen molar-refractivity contribution in [1.82, 2.24) is 15.1 Å². The fraction of sp³-hybridized carbons (Fsp3) is 0.875. The van der Waals surface area contributed by atoms with Gasteiger partial charge in [-0.05, 0) is 38.0 Å². The summed E-state index contributed by atoms with van der Waals surface area (Å²) in [5, 5.41) is 3.27. The molecule has 0 bridgehead atoms. The van der Waals surface area contributed by atoms with Gasteiger partial charge in [-0.2, -0.15) is 0 Å². The van der Waals surface area contributed by atoms with Gasteiger partial charge in [-0.3, -0.25) is 14.6 Å². The number of carbonyl (C=O) groups is 2. The van der Waals surface area contributed by atoms with Gasteiger partial charge in [-0.25, -0.2) is 0 Å². The zero-order chi connectivity index (χ0) is 23.2. The number of rotatable bonds is 13. The van der Waals surface area contributed by atoms with E-state index < -0.39 is 0 Å². The molecule has 7 nitrogen and oxygen atoms in total. The Morgan fingerprint density at radius 3 is 2.00 bits per heavy atom. The van der Waals surface area contributed by atoms with Crippen LogP contribution in [0, 0.1) is 11.8 Å². The van der Waals surface area contributed by atoms with E-state index in [1.165, 1.54) is 12.8 Å². The third-order valence-electron chi connectivity index (χ3n) is 5.71. The molecule has 2 amide bonds. The van der Waals surface area contributed by atoms with Crippen molar-refractivity contribution in [1.29, 1.82) is 0 Å². The van der Waals surface area contributed by atoms with Crippen LogP contribution in [-0.4, -0.2) is 66.3 Å². The van der Waals surface area contributed by atoms with Crippen molar-refractivity contribution < 1.29 is 9.59 Å². The number of nitrogens with one attached hydrogen (secondary N) is 1. The highest BCUT2D eigenvalue weighted by molar-refractivity contribution is 14.0. The molecule has 1 aliphatic heterocycles. The Kier molecular flexibility index (Phi) is 16.8. The molecule has 0 aliphatic carbocycles. The second-order valence-corrected chi connectivity index (χ2v) is 9.81. The molecule has 1 atom stereocenters. The minimum atomic E-state index is 0. The largest absolute Gasteiger partial charge is 0.370 e. The summed E-state index contributed by atoms with van der Waals surface area (Å²) in [6.07, 6.45) is 7.51. The number of carbonyl (C=O) groups excluding carboxylic acids is 2. The summed E-state index contributed by atoms with van der Waals surface area (Å²) in [5.41, 5.74) is 5.98. The van der Waals surface area contributed by atoms with Crippen molar-refractivity contribution in [2.45, 2.75) is 92.0 Å². The van der Waals surface area contributed by atoms with Crippen LogP contribution in [0.4, 0.5) is 0 Å². The number of hydrogen-bond donors (Lipinski definition) is 2. The highest BCUT2D eigenvalue weighted by Crippen LogP contribution is 2.11. The molecule has 188 valence electrons. The maximum Gasteiger partial charge on any atom is 0.222 e. The summed E-state index contributed by atoms with van der Waals surface area (Å²) in [6.45, 7) is 14.1. The Bertz CT molecular complexity index is 561. The maximum absolute atomic E-state index is 12.4. The van der Waals surface area contributed by atoms with E-state index >= 15 is 0 Å². The second-order valence-electron chi connectivity index (χ2n) is 9.81. The molecule has 0 aromatic carbocycles. The zero-order valence-corrected chi connectivity index (χ0v) is 23.4. The van der Waals surface area contributed by atoms with Crippen molar-refractivity contribution in [2.75, 3.05) is 32.7 Å². The van der Waals surface area contributed by atoms with Crippen LogP contribution in [0.2, 0.25) is 0 Å². The number of unbranched alkanes of at least 4 members (excludes halogenated alkanes) is 2. The van der Waals surface area contributed by atoms with Gasteiger partial charge in [0.1, 0.15) is 0 Å². The highest BCUT2D eigenvalue weighted by atomic mass is 127. The Morgan fingerprint density at radius 1 is 0.844 bits per heavy atom. The molecule has 1 unspecified atom stereocenters. The maximum atomic E-state index is 12.4. The van der Waals surface area contributed by atoms with Gasteiger partial charge in [-0.1, -0.05) is 47.0 Å². The molecule has 0 aromatic heterocycles. The van der Waals surface area contributed by atoms with Crippen LogP contribution in [0.5, 0.6) is 0 Å². The minimum Gasteiger partial charge on any atom is -0.370 e. The van der Waals surface area contributed by atoms with Gasteiger partial charge < -0.3 is 20.9 Å². The molecule has 0 aromatic rings. The summed E-state index contributed by atoms with van der Waals surface area (Å²) in [4.78, 5) is 32.7. The number of halogens is 1. The number of hydrogen-bond acceptors (Lipinski definition) is 3. The lowest BCUT2D eigenvalue weighted by Crippen LogP contribution is -2.50. The van der Waals surface area contributed by atoms with Gasteiger partial charge in [0.25, 0.3) is 0 Å². The van der Waals surface area contributed by atoms with Gasteiger partial charge in [0.05, 0.1) is 0 Å². The quantitative estimate of drug-likeness (QED) is 0.153. The highest BCUT2D eigenvalue weighted by Gasteiger charge is 2.23. The van der Waals surface area contributed by atoms with Crippen LogP contribution in [0.3, 0.4) is 0 Å². The van der Waals surface area contributed by atoms with Crippen molar-refractivity contribution in [2.24, 2.45) is 22.6 Å². The molecule has 3 N–H and O–H groups in total. The van der Waals surface area contributed by atoms with Crippen molar-refractivity contribution in [3.63, 3.8) is 0 Å². The second kappa shape index (κ2) is 17.4. The van der Waals surface area contributed by atoms with Gasteiger partial charge >= 0.3 is 0 Å². The van der Waals surface area contributed by atoms with Crippen LogP contribution >= 0.6 is 24.0 Å². The number of nitrogens with two attached hydrogens (primary N) is 1. The number of nitrogens with zero attached hydrogens (tertiary/aromatic N) is 3. The molecule has 0 saturated carbocycles. The molecule has 8 heteroatoms. The van der Waals surface area contributed by atoms with E-state index in [-0.39, 0.29) is 35.8 Å². The Labute approximate surface area is 213 Å². The summed E-state index contributed by atoms with van der Waals surface area (Å²) in [5.74, 6) is 2.06. The van der Waals surface area contributed by atoms with E-state index in [4.69, 9.17) is 5.73 Å². The average Bonchev–Trinajstić information content (AvgIpc) is 2.69. The van der Waals surface area contributed by atoms with E-state index in [0.29, 0.717) is 63.5 Å². The first-order chi connectivity index (χ1) is 14.7. The van der Waals surface area contributed by atoms with Crippen LogP contribution in [-0.2, 0) is 9.59 Å². The lowest BCUT2D eigenvalue weighted by atomic mass is 10.0. The normalized spacial score (nSPS) is 15.7. The van der Waals surface area contributed by atoms with E-state index in [2.05, 4.69) is 44.9 Å². The summed E-state index contributed by atoms with van der Waals surface area (Å²) in [7, 11) is 0. The van der Waals surface area contributed by atoms with Crippen LogP contribution in [0.15, 0.2) is 4.99 Å². The third-order valence-corrected chi connectivity index (χ3v) is 5.71. The Morgan fingerprint density at radius 2 is 1.44 bits per heavy atom. The van der Waals surface area contributed by atoms with Crippen molar-refractivity contribution in [3.8, 4) is 0 Å². The molecule has 1 fully saturated rings. The molecule has 1 saturated heterocycles. The minimum absolute atomic E-state index is 0. The summed E-state index contributed by atoms with van der Waals surface area (Å²) >= 11 is 0. The van der Waals surface area contributed by atoms with Gasteiger partial charge in [-0.15, -0.1) is 24.0 Å². The van der Waals surface area contributed by atoms with E-state index in [1.807, 2.05) is 9.80 Å². The predicted octanol–water partition coefficient (Wildman–Crippen LogP) is 4.00. The predicted molar refractivity (Wildman–Crippen MR) is 144 cm³/mol. The van der Waals surface area contributed by atoms with E-state index in [1.54, 1.807) is 0 Å². The Hall–Kier alpha value is -1.06. The van der Waals surface area contributed by atoms with Gasteiger partial charge in [0, 0.05) is 51.6 Å². The van der Waals surface area contributed by atoms with E-state index in [0.717, 1.165) is 31.6 Å². The lowest BCUT2D eigenvalue weighted by molar-refractivity contribution is -0.140. The number of aliphatic imine (C=N–C) groups is 1. The third kappa shape index (κ3) is 14.2. The number of amides is 2. The molecule has 32 heavy (non-hydrogen) atoms. The molecular formula is C24H48IN5O2. The van der Waals surface area contributed by atoms with Crippen molar-refractivity contribution in [3.05, 3.63) is 0 Å². The fourth-order valence-electron chi connectivity index (χ4n) is 3.81. The number of piperazine rings is 1. The first-order valence-corrected chi connectivity index (χ1v) is 12.3. The van der Waals surface area contributed by atoms with Crippen LogP contribution in [0.25, 0.3) is 0 Å². The van der Waals surface area contributed by atoms with E-state index in [9.17, 15) is 9.59 Å². The topological polar surface area (TPSA) is 91.0 Å². The Balaban J connectivity index is 0.00000961. The first kappa shape index (κ1) is 30.9. The van der Waals surface area contributed by atoms with Gasteiger partial charge in [0.2, 0.25) is 11.8 Å². The average molecular weight is 566 g/mol. The number of guanidine groups is 1. The van der Waals surface area contributed by atoms with Crippen molar-refractivity contribution >= 4 is 41.8 Å². The molecule has 0 spiro atoms. The molecule has 1 aliphatic rings. The molecule has 0 radical (unpaired) electrons. The molecular weight excluding hydrogens is 517 g/mol. The smallest absolute Gasteiger partial charge is 0.222 e. The van der Waals surface area contributed by atoms with Crippen LogP contribution < -0.4 is 11.1 Å². The standard InChI is InChI=1S/C24H47N5O2.HI/c1-19(2)10-9-11-21(5)27-24(25)26-13-8-6-7-12-22(30)28-14-16-29(17-15-28)23(31)18-20(3)4;/h19-21H,6-18H2,1-5H3,(H3,25,26,27);1H. The summed E-state index contributed by atoms with van der Waals surface area (Å²) in [6, 6.07) is 0.348. The molecule has 1 heterocycles. The lowest BCUT2D eigenvalue weighted by Gasteiger charge is -2.35. The van der Waals surface area contributed by atoms with Gasteiger partial charge in [0.15, 0.2) is 5.96 Å². The monoisotopic (exact) mass is 565 g/mol. The molecule has 1 rings (SSSR count). The SMILES string of the molecule is CC(C)CCCC(C)NC(N)=NCCCCCC(=O)N1CCN(C(=O)CC(C)C)CC1.I. The summed E-state index contributed by atoms with van der Waals surface area (Å²) < 4.78 is 0.